The highest BCUT2D eigenvalue weighted by Gasteiger charge is 2.23. The number of carbonyl (C=O) groups is 1. The molecule has 1 fully saturated rings. The number of methoxy groups -OCH3 is 1. The monoisotopic (exact) mass is 353 g/mol. The third kappa shape index (κ3) is 4.23. The lowest BCUT2D eigenvalue weighted by molar-refractivity contribution is -0.134. The van der Waals surface area contributed by atoms with Crippen LogP contribution in [0.15, 0.2) is 65.8 Å². The first-order chi connectivity index (χ1) is 12.7. The molecule has 1 heterocycles. The van der Waals surface area contributed by atoms with E-state index in [2.05, 4.69) is 24.3 Å². The van der Waals surface area contributed by atoms with Crippen LogP contribution in [0.4, 0.5) is 0 Å². The van der Waals surface area contributed by atoms with Crippen LogP contribution >= 0.6 is 0 Å². The number of ether oxygens (including phenoxy) is 2. The summed E-state index contributed by atoms with van der Waals surface area (Å²) in [5.74, 6) is -0.0480. The van der Waals surface area contributed by atoms with Crippen LogP contribution in [0.3, 0.4) is 0 Å². The van der Waals surface area contributed by atoms with Crippen molar-refractivity contribution < 1.29 is 14.3 Å². The maximum Gasteiger partial charge on any atom is 0.358 e. The van der Waals surface area contributed by atoms with Crippen LogP contribution < -0.4 is 5.56 Å². The number of carbonyl (C=O) groups excluding carboxylic acids is 1. The number of aromatic nitrogens is 1. The number of hydrogen-bond donors (Lipinski definition) is 0. The zero-order valence-electron chi connectivity index (χ0n) is 14.8. The molecule has 5 nitrogen and oxygen atoms in total. The van der Waals surface area contributed by atoms with Gasteiger partial charge >= 0.3 is 5.97 Å². The van der Waals surface area contributed by atoms with Gasteiger partial charge in [-0.25, -0.2) is 4.79 Å². The van der Waals surface area contributed by atoms with Crippen molar-refractivity contribution in [3.8, 4) is 0 Å². The molecule has 0 saturated heterocycles. The average molecular weight is 353 g/mol. The Balaban J connectivity index is 1.67. The van der Waals surface area contributed by atoms with Crippen molar-refractivity contribution in [1.29, 1.82) is 0 Å². The predicted molar refractivity (Wildman–Crippen MR) is 99.5 cm³/mol. The molecule has 136 valence electrons. The molecule has 1 aliphatic rings. The number of benzene rings is 1. The van der Waals surface area contributed by atoms with Gasteiger partial charge in [-0.2, -0.15) is 0 Å². The van der Waals surface area contributed by atoms with E-state index in [0.717, 1.165) is 25.7 Å². The third-order valence-corrected chi connectivity index (χ3v) is 4.79. The van der Waals surface area contributed by atoms with Crippen molar-refractivity contribution in [2.45, 2.75) is 37.7 Å². The van der Waals surface area contributed by atoms with Gasteiger partial charge in [-0.05, 0) is 43.2 Å². The van der Waals surface area contributed by atoms with Gasteiger partial charge in [-0.1, -0.05) is 36.4 Å². The molecular formula is C21H23NO4. The summed E-state index contributed by atoms with van der Waals surface area (Å²) in [5.41, 5.74) is 1.15. The molecule has 3 rings (SSSR count). The van der Waals surface area contributed by atoms with E-state index in [1.54, 1.807) is 12.1 Å². The first kappa shape index (κ1) is 18.0. The molecule has 0 unspecified atom stereocenters. The lowest BCUT2D eigenvalue weighted by atomic mass is 9.83. The smallest absolute Gasteiger partial charge is 0.358 e. The molecule has 2 aromatic rings. The largest absolute Gasteiger partial charge is 0.496 e. The molecule has 0 atom stereocenters. The number of hydrogen-bond acceptors (Lipinski definition) is 4. The second kappa shape index (κ2) is 8.52. The van der Waals surface area contributed by atoms with Gasteiger partial charge in [0.05, 0.1) is 13.2 Å². The minimum Gasteiger partial charge on any atom is -0.496 e. The van der Waals surface area contributed by atoms with E-state index in [0.29, 0.717) is 5.92 Å². The molecule has 1 aromatic heterocycles. The van der Waals surface area contributed by atoms with Crippen molar-refractivity contribution in [1.82, 2.24) is 4.57 Å². The maximum absolute atomic E-state index is 12.0. The van der Waals surface area contributed by atoms with Crippen LogP contribution in [0.1, 0.15) is 37.2 Å². The summed E-state index contributed by atoms with van der Waals surface area (Å²) in [5, 5.41) is 0. The molecule has 0 spiro atoms. The van der Waals surface area contributed by atoms with Crippen molar-refractivity contribution in [3.63, 3.8) is 0 Å². The second-order valence-electron chi connectivity index (χ2n) is 6.42. The number of rotatable bonds is 5. The second-order valence-corrected chi connectivity index (χ2v) is 6.42. The normalized spacial score (nSPS) is 20.4. The minimum absolute atomic E-state index is 0.0361. The van der Waals surface area contributed by atoms with Crippen LogP contribution in [-0.2, 0) is 14.3 Å². The summed E-state index contributed by atoms with van der Waals surface area (Å²) in [7, 11) is 1.29. The lowest BCUT2D eigenvalue weighted by Gasteiger charge is -2.28. The molecule has 5 heteroatoms. The Hall–Kier alpha value is -2.82. The quantitative estimate of drug-likeness (QED) is 0.468. The first-order valence-corrected chi connectivity index (χ1v) is 8.86. The number of nitrogens with zero attached hydrogens (tertiary/aromatic N) is 1. The van der Waals surface area contributed by atoms with Crippen LogP contribution in [0.25, 0.3) is 5.70 Å². The van der Waals surface area contributed by atoms with E-state index in [1.807, 2.05) is 6.07 Å². The van der Waals surface area contributed by atoms with Gasteiger partial charge in [0.1, 0.15) is 6.26 Å². The fraction of sp³-hybridized carbons (Fsp3) is 0.333. The molecule has 0 N–H and O–H groups in total. The minimum atomic E-state index is -0.601. The van der Waals surface area contributed by atoms with Crippen molar-refractivity contribution in [2.24, 2.45) is 0 Å². The predicted octanol–water partition coefficient (Wildman–Crippen LogP) is 3.56. The Labute approximate surface area is 152 Å². The molecule has 0 bridgehead atoms. The SMILES string of the molecule is COC(=O)/C(=C/O[C@H]1CC[C@@H](c2ccccc2)CC1)n1ccccc1=O. The van der Waals surface area contributed by atoms with Crippen molar-refractivity contribution in [3.05, 3.63) is 76.9 Å². The molecule has 0 radical (unpaired) electrons. The third-order valence-electron chi connectivity index (χ3n) is 4.79. The summed E-state index contributed by atoms with van der Waals surface area (Å²) in [6.07, 6.45) is 6.83. The molecule has 0 amide bonds. The lowest BCUT2D eigenvalue weighted by Crippen LogP contribution is -2.24. The summed E-state index contributed by atoms with van der Waals surface area (Å²) < 4.78 is 11.9. The van der Waals surface area contributed by atoms with E-state index < -0.39 is 5.97 Å². The highest BCUT2D eigenvalue weighted by Crippen LogP contribution is 2.34. The van der Waals surface area contributed by atoms with Gasteiger partial charge in [0.25, 0.3) is 5.56 Å². The standard InChI is InChI=1S/C21H23NO4/c1-25-21(24)19(22-14-6-5-9-20(22)23)15-26-18-12-10-17(11-13-18)16-7-3-2-4-8-16/h2-9,14-15,17-18H,10-13H2,1H3/b19-15-/t17-,18+. The van der Waals surface area contributed by atoms with Crippen molar-refractivity contribution >= 4 is 11.7 Å². The van der Waals surface area contributed by atoms with Gasteiger partial charge < -0.3 is 9.47 Å². The van der Waals surface area contributed by atoms with E-state index in [1.165, 1.54) is 35.8 Å². The fourth-order valence-corrected chi connectivity index (χ4v) is 3.35. The fourth-order valence-electron chi connectivity index (χ4n) is 3.35. The van der Waals surface area contributed by atoms with E-state index in [4.69, 9.17) is 9.47 Å². The summed E-state index contributed by atoms with van der Waals surface area (Å²) in [6, 6.07) is 15.2. The van der Waals surface area contributed by atoms with Crippen LogP contribution in [-0.4, -0.2) is 23.8 Å². The number of esters is 1. The Morgan fingerprint density at radius 2 is 1.73 bits per heavy atom. The molecule has 0 aliphatic heterocycles. The topological polar surface area (TPSA) is 57.5 Å². The maximum atomic E-state index is 12.0. The van der Waals surface area contributed by atoms with Crippen LogP contribution in [0.2, 0.25) is 0 Å². The number of pyridine rings is 1. The van der Waals surface area contributed by atoms with Gasteiger partial charge in [-0.3, -0.25) is 9.36 Å². The van der Waals surface area contributed by atoms with Crippen molar-refractivity contribution in [2.75, 3.05) is 7.11 Å². The Morgan fingerprint density at radius 3 is 2.38 bits per heavy atom. The Morgan fingerprint density at radius 1 is 1.04 bits per heavy atom. The Kier molecular flexibility index (Phi) is 5.89. The van der Waals surface area contributed by atoms with E-state index >= 15 is 0 Å². The molecule has 1 saturated carbocycles. The first-order valence-electron chi connectivity index (χ1n) is 8.86. The highest BCUT2D eigenvalue weighted by atomic mass is 16.5. The molecule has 1 aliphatic carbocycles. The molecule has 1 aromatic carbocycles. The summed E-state index contributed by atoms with van der Waals surface area (Å²) in [4.78, 5) is 24.0. The van der Waals surface area contributed by atoms with Crippen LogP contribution in [0.5, 0.6) is 0 Å². The Bertz CT molecular complexity index is 817. The van der Waals surface area contributed by atoms with Gasteiger partial charge in [0.2, 0.25) is 0 Å². The van der Waals surface area contributed by atoms with Crippen LogP contribution in [0, 0.1) is 0 Å². The molecule has 26 heavy (non-hydrogen) atoms. The summed E-state index contributed by atoms with van der Waals surface area (Å²) in [6.45, 7) is 0. The summed E-state index contributed by atoms with van der Waals surface area (Å²) >= 11 is 0. The highest BCUT2D eigenvalue weighted by molar-refractivity contribution is 6.09. The van der Waals surface area contributed by atoms with E-state index in [9.17, 15) is 9.59 Å². The van der Waals surface area contributed by atoms with Gasteiger partial charge in [0.15, 0.2) is 5.70 Å². The molecular weight excluding hydrogens is 330 g/mol. The average Bonchev–Trinajstić information content (AvgIpc) is 2.70. The zero-order chi connectivity index (χ0) is 18.4. The van der Waals surface area contributed by atoms with E-state index in [-0.39, 0.29) is 17.4 Å². The zero-order valence-corrected chi connectivity index (χ0v) is 14.8. The van der Waals surface area contributed by atoms with Gasteiger partial charge in [0, 0.05) is 12.3 Å². The van der Waals surface area contributed by atoms with Gasteiger partial charge in [-0.15, -0.1) is 0 Å².